The molecule has 0 radical (unpaired) electrons. The van der Waals surface area contributed by atoms with Crippen LogP contribution in [0.2, 0.25) is 0 Å². The summed E-state index contributed by atoms with van der Waals surface area (Å²) in [6, 6.07) is 0. The topological polar surface area (TPSA) is 49.3 Å². The van der Waals surface area contributed by atoms with Crippen LogP contribution in [0, 0.1) is 5.92 Å². The molecule has 0 bridgehead atoms. The number of nitrogens with one attached hydrogen (secondary N) is 1. The number of carbonyl (C=O) groups excluding carboxylic acids is 1. The van der Waals surface area contributed by atoms with E-state index in [1.54, 1.807) is 0 Å². The van der Waals surface area contributed by atoms with E-state index in [0.29, 0.717) is 13.1 Å². The lowest BCUT2D eigenvalue weighted by Crippen LogP contribution is -2.24. The fraction of sp³-hybridized carbons (Fsp3) is 0.833. The van der Waals surface area contributed by atoms with Crippen molar-refractivity contribution < 1.29 is 9.90 Å². The van der Waals surface area contributed by atoms with Gasteiger partial charge in [-0.15, -0.1) is 0 Å². The second-order valence-electron chi connectivity index (χ2n) is 2.44. The van der Waals surface area contributed by atoms with Crippen LogP contribution in [0.25, 0.3) is 0 Å². The number of hydrogen-bond acceptors (Lipinski definition) is 3. The van der Waals surface area contributed by atoms with E-state index in [1.165, 1.54) is 6.92 Å². The van der Waals surface area contributed by atoms with Crippen LogP contribution in [-0.2, 0) is 4.79 Å². The van der Waals surface area contributed by atoms with Gasteiger partial charge in [0.15, 0.2) is 0 Å². The monoisotopic (exact) mass is 129 g/mol. The van der Waals surface area contributed by atoms with Gasteiger partial charge in [0.1, 0.15) is 5.78 Å². The predicted octanol–water partition coefficient (Wildman–Crippen LogP) is -0.844. The van der Waals surface area contributed by atoms with E-state index < -0.39 is 6.10 Å². The molecule has 2 N–H and O–H groups in total. The van der Waals surface area contributed by atoms with Crippen molar-refractivity contribution in [3.05, 3.63) is 0 Å². The van der Waals surface area contributed by atoms with Crippen LogP contribution in [0.1, 0.15) is 6.92 Å². The molecule has 0 aliphatic carbocycles. The Morgan fingerprint density at radius 1 is 1.67 bits per heavy atom. The fourth-order valence-electron chi connectivity index (χ4n) is 1.08. The Morgan fingerprint density at radius 3 is 2.56 bits per heavy atom. The molecule has 0 amide bonds. The van der Waals surface area contributed by atoms with E-state index >= 15 is 0 Å². The first-order valence-electron chi connectivity index (χ1n) is 3.11. The molecule has 0 saturated carbocycles. The number of ketones is 1. The van der Waals surface area contributed by atoms with Gasteiger partial charge in [-0.2, -0.15) is 0 Å². The highest BCUT2D eigenvalue weighted by Crippen LogP contribution is 2.08. The predicted molar refractivity (Wildman–Crippen MR) is 33.0 cm³/mol. The average molecular weight is 129 g/mol. The van der Waals surface area contributed by atoms with Gasteiger partial charge < -0.3 is 10.4 Å². The highest BCUT2D eigenvalue weighted by molar-refractivity contribution is 5.79. The van der Waals surface area contributed by atoms with Crippen molar-refractivity contribution in [3.63, 3.8) is 0 Å². The van der Waals surface area contributed by atoms with Crippen LogP contribution in [0.3, 0.4) is 0 Å². The standard InChI is InChI=1S/C6H11NO2/c1-4(8)5-2-7-3-6(5)9/h5-7,9H,2-3H2,1H3/t5-,6-/m1/s1. The van der Waals surface area contributed by atoms with Crippen molar-refractivity contribution in [2.75, 3.05) is 13.1 Å². The summed E-state index contributed by atoms with van der Waals surface area (Å²) in [7, 11) is 0. The molecule has 2 atom stereocenters. The van der Waals surface area contributed by atoms with Gasteiger partial charge >= 0.3 is 0 Å². The summed E-state index contributed by atoms with van der Waals surface area (Å²) in [6.07, 6.45) is -0.456. The summed E-state index contributed by atoms with van der Waals surface area (Å²) in [4.78, 5) is 10.7. The molecule has 52 valence electrons. The lowest BCUT2D eigenvalue weighted by Gasteiger charge is -2.06. The third-order valence-electron chi connectivity index (χ3n) is 1.70. The van der Waals surface area contributed by atoms with E-state index in [0.717, 1.165) is 0 Å². The average Bonchev–Trinajstić information content (AvgIpc) is 2.13. The third-order valence-corrected chi connectivity index (χ3v) is 1.70. The van der Waals surface area contributed by atoms with E-state index in [2.05, 4.69) is 5.32 Å². The number of aliphatic hydroxyl groups excluding tert-OH is 1. The van der Waals surface area contributed by atoms with Crippen LogP contribution in [0.15, 0.2) is 0 Å². The highest BCUT2D eigenvalue weighted by Gasteiger charge is 2.28. The van der Waals surface area contributed by atoms with Gasteiger partial charge in [0.05, 0.1) is 12.0 Å². The van der Waals surface area contributed by atoms with Crippen molar-refractivity contribution in [3.8, 4) is 0 Å². The zero-order chi connectivity index (χ0) is 6.85. The molecule has 0 aromatic heterocycles. The summed E-state index contributed by atoms with van der Waals surface area (Å²) in [5.74, 6) is -0.0856. The summed E-state index contributed by atoms with van der Waals surface area (Å²) >= 11 is 0. The van der Waals surface area contributed by atoms with Crippen molar-refractivity contribution in [2.45, 2.75) is 13.0 Å². The maximum absolute atomic E-state index is 10.7. The second kappa shape index (κ2) is 2.45. The van der Waals surface area contributed by atoms with Crippen molar-refractivity contribution in [1.82, 2.24) is 5.32 Å². The number of β-amino-alcohol motifs (C(OH)–C–C–N with tert-alkyl or cyclic N) is 1. The molecule has 1 rings (SSSR count). The first kappa shape index (κ1) is 6.71. The van der Waals surface area contributed by atoms with Crippen molar-refractivity contribution >= 4 is 5.78 Å². The van der Waals surface area contributed by atoms with Crippen LogP contribution < -0.4 is 5.32 Å². The molecule has 1 aliphatic rings. The molecule has 0 aromatic carbocycles. The quantitative estimate of drug-likeness (QED) is 0.485. The van der Waals surface area contributed by atoms with Crippen molar-refractivity contribution in [2.24, 2.45) is 5.92 Å². The normalized spacial score (nSPS) is 34.9. The number of aliphatic hydroxyl groups is 1. The van der Waals surface area contributed by atoms with Crippen LogP contribution in [-0.4, -0.2) is 30.1 Å². The van der Waals surface area contributed by atoms with Crippen molar-refractivity contribution in [1.29, 1.82) is 0 Å². The van der Waals surface area contributed by atoms with E-state index in [4.69, 9.17) is 5.11 Å². The van der Waals surface area contributed by atoms with Gasteiger partial charge in [0.25, 0.3) is 0 Å². The smallest absolute Gasteiger partial charge is 0.136 e. The molecular formula is C6H11NO2. The van der Waals surface area contributed by atoms with Gasteiger partial charge in [-0.1, -0.05) is 0 Å². The Bertz CT molecular complexity index is 124. The number of Topliss-reactive ketones (excluding diaryl/α,β-unsaturated/α-hetero) is 1. The van der Waals surface area contributed by atoms with Gasteiger partial charge in [-0.25, -0.2) is 0 Å². The number of rotatable bonds is 1. The molecule has 3 heteroatoms. The second-order valence-corrected chi connectivity index (χ2v) is 2.44. The zero-order valence-electron chi connectivity index (χ0n) is 5.42. The maximum Gasteiger partial charge on any atom is 0.136 e. The summed E-state index contributed by atoms with van der Waals surface area (Å²) in [5.41, 5.74) is 0. The molecule has 9 heavy (non-hydrogen) atoms. The molecule has 1 saturated heterocycles. The molecule has 1 heterocycles. The Labute approximate surface area is 54.1 Å². The molecule has 0 spiro atoms. The number of carbonyl (C=O) groups is 1. The minimum Gasteiger partial charge on any atom is -0.391 e. The van der Waals surface area contributed by atoms with E-state index in [9.17, 15) is 4.79 Å². The minimum absolute atomic E-state index is 0.0764. The molecule has 1 fully saturated rings. The third kappa shape index (κ3) is 1.28. The van der Waals surface area contributed by atoms with Crippen LogP contribution in [0.4, 0.5) is 0 Å². The largest absolute Gasteiger partial charge is 0.391 e. The van der Waals surface area contributed by atoms with E-state index in [-0.39, 0.29) is 11.7 Å². The first-order valence-corrected chi connectivity index (χ1v) is 3.11. The van der Waals surface area contributed by atoms with Gasteiger partial charge in [0, 0.05) is 13.1 Å². The van der Waals surface area contributed by atoms with Gasteiger partial charge in [-0.3, -0.25) is 4.79 Å². The van der Waals surface area contributed by atoms with Gasteiger partial charge in [-0.05, 0) is 6.92 Å². The molecule has 1 aliphatic heterocycles. The lowest BCUT2D eigenvalue weighted by molar-refractivity contribution is -0.122. The Kier molecular flexibility index (Phi) is 1.83. The Hall–Kier alpha value is -0.410. The summed E-state index contributed by atoms with van der Waals surface area (Å²) in [6.45, 7) is 2.71. The highest BCUT2D eigenvalue weighted by atomic mass is 16.3. The molecule has 0 unspecified atom stereocenters. The fourth-order valence-corrected chi connectivity index (χ4v) is 1.08. The minimum atomic E-state index is -0.456. The van der Waals surface area contributed by atoms with Crippen LogP contribution >= 0.6 is 0 Å². The van der Waals surface area contributed by atoms with E-state index in [1.807, 2.05) is 0 Å². The maximum atomic E-state index is 10.7. The van der Waals surface area contributed by atoms with Crippen LogP contribution in [0.5, 0.6) is 0 Å². The molecule has 3 nitrogen and oxygen atoms in total. The molecule has 0 aromatic rings. The Balaban J connectivity index is 2.49. The Morgan fingerprint density at radius 2 is 2.33 bits per heavy atom. The SMILES string of the molecule is CC(=O)[C@H]1CNC[C@H]1O. The zero-order valence-corrected chi connectivity index (χ0v) is 5.42. The lowest BCUT2D eigenvalue weighted by atomic mass is 10.0. The summed E-state index contributed by atoms with van der Waals surface area (Å²) in [5, 5.41) is 12.0. The number of hydrogen-bond donors (Lipinski definition) is 2. The van der Waals surface area contributed by atoms with Gasteiger partial charge in [0.2, 0.25) is 0 Å². The summed E-state index contributed by atoms with van der Waals surface area (Å²) < 4.78 is 0. The molecular weight excluding hydrogens is 118 g/mol. The first-order chi connectivity index (χ1) is 4.22.